The molecule has 0 radical (unpaired) electrons. The summed E-state index contributed by atoms with van der Waals surface area (Å²) in [6.07, 6.45) is 0.695. The summed E-state index contributed by atoms with van der Waals surface area (Å²) in [6, 6.07) is 5.04. The first kappa shape index (κ1) is 14.3. The largest absolute Gasteiger partial charge is 0.490 e. The van der Waals surface area contributed by atoms with Crippen LogP contribution in [0.1, 0.15) is 19.4 Å². The van der Waals surface area contributed by atoms with Crippen molar-refractivity contribution in [1.82, 2.24) is 0 Å². The van der Waals surface area contributed by atoms with Crippen LogP contribution in [0, 0.1) is 5.82 Å². The van der Waals surface area contributed by atoms with Gasteiger partial charge in [0, 0.05) is 5.75 Å². The first-order valence-electron chi connectivity index (χ1n) is 5.86. The molecule has 0 spiro atoms. The lowest BCUT2D eigenvalue weighted by molar-refractivity contribution is 0.324. The van der Waals surface area contributed by atoms with Crippen LogP contribution in [0.25, 0.3) is 0 Å². The highest BCUT2D eigenvalue weighted by Gasteiger charge is 2.04. The molecule has 0 aliphatic rings. The Kier molecular flexibility index (Phi) is 6.37. The fraction of sp³-hybridized carbons (Fsp3) is 0.538. The SMILES string of the molecule is CC(C)SCCOc1ccc(CCN)cc1F. The highest BCUT2D eigenvalue weighted by atomic mass is 32.2. The molecule has 0 atom stereocenters. The summed E-state index contributed by atoms with van der Waals surface area (Å²) in [6.45, 7) is 5.33. The maximum absolute atomic E-state index is 13.6. The van der Waals surface area contributed by atoms with Gasteiger partial charge >= 0.3 is 0 Å². The minimum absolute atomic E-state index is 0.300. The van der Waals surface area contributed by atoms with Crippen LogP contribution in [0.2, 0.25) is 0 Å². The van der Waals surface area contributed by atoms with Gasteiger partial charge in [-0.2, -0.15) is 11.8 Å². The van der Waals surface area contributed by atoms with E-state index in [1.165, 1.54) is 6.07 Å². The topological polar surface area (TPSA) is 35.2 Å². The van der Waals surface area contributed by atoms with E-state index in [0.717, 1.165) is 11.3 Å². The van der Waals surface area contributed by atoms with E-state index in [-0.39, 0.29) is 5.82 Å². The lowest BCUT2D eigenvalue weighted by atomic mass is 10.1. The third-order valence-electron chi connectivity index (χ3n) is 2.22. The summed E-state index contributed by atoms with van der Waals surface area (Å²) in [5, 5.41) is 0.579. The zero-order valence-electron chi connectivity index (χ0n) is 10.4. The first-order chi connectivity index (χ1) is 8.13. The second kappa shape index (κ2) is 7.56. The Morgan fingerprint density at radius 3 is 2.76 bits per heavy atom. The van der Waals surface area contributed by atoms with Gasteiger partial charge in [0.25, 0.3) is 0 Å². The molecule has 0 heterocycles. The Hall–Kier alpha value is -0.740. The fourth-order valence-corrected chi connectivity index (χ4v) is 2.07. The summed E-state index contributed by atoms with van der Waals surface area (Å²) >= 11 is 1.80. The van der Waals surface area contributed by atoms with Crippen LogP contribution in [0.5, 0.6) is 5.75 Å². The van der Waals surface area contributed by atoms with Gasteiger partial charge in [-0.05, 0) is 35.9 Å². The Balaban J connectivity index is 2.43. The number of rotatable bonds is 7. The third-order valence-corrected chi connectivity index (χ3v) is 3.29. The van der Waals surface area contributed by atoms with Gasteiger partial charge in [0.1, 0.15) is 0 Å². The van der Waals surface area contributed by atoms with Crippen LogP contribution < -0.4 is 10.5 Å². The molecule has 0 unspecified atom stereocenters. The van der Waals surface area contributed by atoms with Crippen LogP contribution >= 0.6 is 11.8 Å². The quantitative estimate of drug-likeness (QED) is 0.763. The summed E-state index contributed by atoms with van der Waals surface area (Å²) in [5.74, 6) is 0.905. The molecule has 0 aromatic heterocycles. The van der Waals surface area contributed by atoms with Crippen LogP contribution in [0.3, 0.4) is 0 Å². The molecule has 0 amide bonds. The van der Waals surface area contributed by atoms with E-state index in [1.54, 1.807) is 17.8 Å². The van der Waals surface area contributed by atoms with Crippen LogP contribution in [-0.4, -0.2) is 24.2 Å². The highest BCUT2D eigenvalue weighted by Crippen LogP contribution is 2.19. The maximum atomic E-state index is 13.6. The van der Waals surface area contributed by atoms with E-state index >= 15 is 0 Å². The van der Waals surface area contributed by atoms with E-state index in [0.29, 0.717) is 30.6 Å². The van der Waals surface area contributed by atoms with E-state index in [2.05, 4.69) is 13.8 Å². The maximum Gasteiger partial charge on any atom is 0.165 e. The average Bonchev–Trinajstić information content (AvgIpc) is 2.27. The average molecular weight is 257 g/mol. The second-order valence-corrected chi connectivity index (χ2v) is 5.76. The van der Waals surface area contributed by atoms with Crippen molar-refractivity contribution in [2.24, 2.45) is 5.73 Å². The van der Waals surface area contributed by atoms with Gasteiger partial charge in [-0.15, -0.1) is 0 Å². The standard InChI is InChI=1S/C13H20FNOS/c1-10(2)17-8-7-16-13-4-3-11(5-6-15)9-12(13)14/h3-4,9-10H,5-8,15H2,1-2H3. The molecular formula is C13H20FNOS. The number of ether oxygens (including phenoxy) is 1. The molecule has 1 aromatic carbocycles. The minimum Gasteiger partial charge on any atom is -0.490 e. The molecule has 2 N–H and O–H groups in total. The lowest BCUT2D eigenvalue weighted by Crippen LogP contribution is -2.05. The van der Waals surface area contributed by atoms with E-state index < -0.39 is 0 Å². The summed E-state index contributed by atoms with van der Waals surface area (Å²) in [4.78, 5) is 0. The highest BCUT2D eigenvalue weighted by molar-refractivity contribution is 7.99. The third kappa shape index (κ3) is 5.41. The zero-order chi connectivity index (χ0) is 12.7. The Morgan fingerprint density at radius 1 is 1.41 bits per heavy atom. The normalized spacial score (nSPS) is 10.9. The zero-order valence-corrected chi connectivity index (χ0v) is 11.2. The lowest BCUT2D eigenvalue weighted by Gasteiger charge is -2.09. The van der Waals surface area contributed by atoms with Crippen molar-refractivity contribution < 1.29 is 9.13 Å². The Morgan fingerprint density at radius 2 is 2.18 bits per heavy atom. The van der Waals surface area contributed by atoms with Gasteiger partial charge in [0.2, 0.25) is 0 Å². The van der Waals surface area contributed by atoms with Gasteiger partial charge in [-0.3, -0.25) is 0 Å². The molecule has 1 aromatic rings. The number of hydrogen-bond acceptors (Lipinski definition) is 3. The summed E-state index contributed by atoms with van der Waals surface area (Å²) in [5.41, 5.74) is 6.33. The number of hydrogen-bond donors (Lipinski definition) is 1. The molecular weight excluding hydrogens is 237 g/mol. The van der Waals surface area contributed by atoms with Crippen molar-refractivity contribution in [2.75, 3.05) is 18.9 Å². The van der Waals surface area contributed by atoms with Crippen LogP contribution in [0.15, 0.2) is 18.2 Å². The van der Waals surface area contributed by atoms with Crippen molar-refractivity contribution >= 4 is 11.8 Å². The fourth-order valence-electron chi connectivity index (χ4n) is 1.42. The van der Waals surface area contributed by atoms with E-state index in [1.807, 2.05) is 6.07 Å². The van der Waals surface area contributed by atoms with Gasteiger partial charge in [-0.1, -0.05) is 19.9 Å². The molecule has 0 fully saturated rings. The molecule has 4 heteroatoms. The molecule has 1 rings (SSSR count). The van der Waals surface area contributed by atoms with E-state index in [4.69, 9.17) is 10.5 Å². The van der Waals surface area contributed by atoms with Crippen molar-refractivity contribution in [3.8, 4) is 5.75 Å². The van der Waals surface area contributed by atoms with Gasteiger partial charge in [-0.25, -0.2) is 4.39 Å². The number of thioether (sulfide) groups is 1. The molecule has 0 bridgehead atoms. The van der Waals surface area contributed by atoms with Gasteiger partial charge in [0.15, 0.2) is 11.6 Å². The Labute approximate surface area is 107 Å². The summed E-state index contributed by atoms with van der Waals surface area (Å²) < 4.78 is 19.0. The molecule has 96 valence electrons. The van der Waals surface area contributed by atoms with Crippen LogP contribution in [-0.2, 0) is 6.42 Å². The van der Waals surface area contributed by atoms with Gasteiger partial charge in [0.05, 0.1) is 6.61 Å². The number of halogens is 1. The first-order valence-corrected chi connectivity index (χ1v) is 6.91. The monoisotopic (exact) mass is 257 g/mol. The van der Waals surface area contributed by atoms with Crippen molar-refractivity contribution in [2.45, 2.75) is 25.5 Å². The molecule has 0 saturated carbocycles. The molecule has 0 aliphatic heterocycles. The predicted octanol–water partition coefficient (Wildman–Crippen LogP) is 2.85. The Bertz CT molecular complexity index is 344. The second-order valence-electron chi connectivity index (χ2n) is 4.07. The van der Waals surface area contributed by atoms with Gasteiger partial charge < -0.3 is 10.5 Å². The van der Waals surface area contributed by atoms with Crippen molar-refractivity contribution in [3.05, 3.63) is 29.6 Å². The summed E-state index contributed by atoms with van der Waals surface area (Å²) in [7, 11) is 0. The van der Waals surface area contributed by atoms with Crippen molar-refractivity contribution in [1.29, 1.82) is 0 Å². The smallest absolute Gasteiger partial charge is 0.165 e. The predicted molar refractivity (Wildman–Crippen MR) is 72.2 cm³/mol. The van der Waals surface area contributed by atoms with Crippen molar-refractivity contribution in [3.63, 3.8) is 0 Å². The molecule has 2 nitrogen and oxygen atoms in total. The minimum atomic E-state index is -0.300. The number of benzene rings is 1. The van der Waals surface area contributed by atoms with Crippen LogP contribution in [0.4, 0.5) is 4.39 Å². The van der Waals surface area contributed by atoms with E-state index in [9.17, 15) is 4.39 Å². The molecule has 0 saturated heterocycles. The molecule has 0 aliphatic carbocycles. The molecule has 17 heavy (non-hydrogen) atoms. The number of nitrogens with two attached hydrogens (primary N) is 1.